The number of amides is 4. The molecule has 0 aliphatic carbocycles. The Kier molecular flexibility index (Phi) is 6.67. The molecule has 0 spiro atoms. The highest BCUT2D eigenvalue weighted by molar-refractivity contribution is 6.05. The minimum atomic E-state index is -4.57. The SMILES string of the molecule is CC(=O)CN1C(=O)C2C(N=CN2[C@@H](C)C(=O)Nc2cccc(-c3ccc(C(F)(F)F)nc3)n2)N(C)C1=O. The van der Waals surface area contributed by atoms with E-state index in [2.05, 4.69) is 20.3 Å². The second-order valence-electron chi connectivity index (χ2n) is 8.59. The van der Waals surface area contributed by atoms with E-state index in [0.717, 1.165) is 17.2 Å². The number of alkyl halides is 3. The number of imide groups is 1. The molecule has 4 rings (SSSR count). The molecule has 1 saturated heterocycles. The largest absolute Gasteiger partial charge is 0.433 e. The summed E-state index contributed by atoms with van der Waals surface area (Å²) in [4.78, 5) is 65.6. The molecule has 0 aromatic carbocycles. The first-order valence-electron chi connectivity index (χ1n) is 11.1. The van der Waals surface area contributed by atoms with Crippen LogP contribution in [0.5, 0.6) is 0 Å². The molecule has 4 heterocycles. The van der Waals surface area contributed by atoms with Gasteiger partial charge >= 0.3 is 12.2 Å². The third-order valence-electron chi connectivity index (χ3n) is 5.96. The molecule has 1 fully saturated rings. The third kappa shape index (κ3) is 4.99. The maximum absolute atomic E-state index is 13.1. The van der Waals surface area contributed by atoms with Crippen molar-refractivity contribution in [2.45, 2.75) is 38.3 Å². The number of hydrogen-bond acceptors (Lipinski definition) is 8. The molecule has 2 unspecified atom stereocenters. The van der Waals surface area contributed by atoms with Crippen LogP contribution in [0.4, 0.5) is 23.8 Å². The Labute approximate surface area is 209 Å². The van der Waals surface area contributed by atoms with Crippen LogP contribution >= 0.6 is 0 Å². The highest BCUT2D eigenvalue weighted by Gasteiger charge is 2.51. The Balaban J connectivity index is 1.49. The number of hydrogen-bond donors (Lipinski definition) is 1. The molecule has 194 valence electrons. The van der Waals surface area contributed by atoms with E-state index in [1.807, 2.05) is 0 Å². The van der Waals surface area contributed by atoms with E-state index in [9.17, 15) is 32.3 Å². The second kappa shape index (κ2) is 9.59. The maximum Gasteiger partial charge on any atom is 0.433 e. The summed E-state index contributed by atoms with van der Waals surface area (Å²) < 4.78 is 38.3. The fourth-order valence-electron chi connectivity index (χ4n) is 4.03. The summed E-state index contributed by atoms with van der Waals surface area (Å²) >= 11 is 0. The number of rotatable bonds is 6. The third-order valence-corrected chi connectivity index (χ3v) is 5.96. The van der Waals surface area contributed by atoms with E-state index in [1.54, 1.807) is 12.1 Å². The molecule has 1 N–H and O–H groups in total. The van der Waals surface area contributed by atoms with E-state index in [-0.39, 0.29) is 17.3 Å². The topological polar surface area (TPSA) is 128 Å². The lowest BCUT2D eigenvalue weighted by molar-refractivity contribution is -0.141. The zero-order valence-electron chi connectivity index (χ0n) is 19.9. The van der Waals surface area contributed by atoms with Gasteiger partial charge in [0.1, 0.15) is 23.3 Å². The minimum absolute atomic E-state index is 0.127. The fourth-order valence-corrected chi connectivity index (χ4v) is 4.03. The number of fused-ring (bicyclic) bond motifs is 1. The standard InChI is InChI=1S/C23H22F3N7O4/c1-12(34)10-32-21(36)18-19(31(3)22(32)37)28-11-33(18)13(2)20(35)30-17-6-4-5-15(29-17)14-7-8-16(27-9-14)23(24,25)26/h4-9,11,13,18-19H,10H2,1-3H3,(H,29,30,35)/t13-,18?,19?/m0/s1. The van der Waals surface area contributed by atoms with Crippen molar-refractivity contribution in [2.75, 3.05) is 18.9 Å². The summed E-state index contributed by atoms with van der Waals surface area (Å²) in [5.41, 5.74) is -0.429. The van der Waals surface area contributed by atoms with Crippen LogP contribution in [-0.4, -0.2) is 86.5 Å². The molecule has 2 aliphatic rings. The lowest BCUT2D eigenvalue weighted by atomic mass is 10.1. The molecule has 3 atom stereocenters. The number of ketones is 1. The number of aliphatic imine (C=N–C) groups is 1. The second-order valence-corrected chi connectivity index (χ2v) is 8.59. The van der Waals surface area contributed by atoms with Crippen molar-refractivity contribution in [1.82, 2.24) is 24.7 Å². The van der Waals surface area contributed by atoms with Crippen molar-refractivity contribution < 1.29 is 32.3 Å². The molecular weight excluding hydrogens is 495 g/mol. The predicted octanol–water partition coefficient (Wildman–Crippen LogP) is 2.01. The molecule has 0 bridgehead atoms. The highest BCUT2D eigenvalue weighted by Crippen LogP contribution is 2.29. The molecular formula is C23H22F3N7O4. The predicted molar refractivity (Wildman–Crippen MR) is 124 cm³/mol. The van der Waals surface area contributed by atoms with Gasteiger partial charge < -0.3 is 15.1 Å². The zero-order chi connectivity index (χ0) is 27.1. The van der Waals surface area contributed by atoms with Gasteiger partial charge in [-0.05, 0) is 38.1 Å². The Morgan fingerprint density at radius 1 is 1.16 bits per heavy atom. The van der Waals surface area contributed by atoms with E-state index in [4.69, 9.17) is 0 Å². The number of urea groups is 1. The monoisotopic (exact) mass is 517 g/mol. The van der Waals surface area contributed by atoms with E-state index >= 15 is 0 Å². The van der Waals surface area contributed by atoms with Gasteiger partial charge in [-0.25, -0.2) is 14.8 Å². The van der Waals surface area contributed by atoms with Crippen LogP contribution in [0, 0.1) is 0 Å². The number of carbonyl (C=O) groups is 4. The number of nitrogens with zero attached hydrogens (tertiary/aromatic N) is 6. The number of likely N-dealkylation sites (N-methyl/N-ethyl adjacent to an activating group) is 1. The van der Waals surface area contributed by atoms with Crippen LogP contribution in [0.15, 0.2) is 41.5 Å². The van der Waals surface area contributed by atoms with Gasteiger partial charge in [0, 0.05) is 18.8 Å². The molecule has 11 nitrogen and oxygen atoms in total. The lowest BCUT2D eigenvalue weighted by Gasteiger charge is -2.41. The molecule has 2 aromatic rings. The van der Waals surface area contributed by atoms with Gasteiger partial charge in [0.25, 0.3) is 5.91 Å². The molecule has 37 heavy (non-hydrogen) atoms. The first-order chi connectivity index (χ1) is 17.4. The summed E-state index contributed by atoms with van der Waals surface area (Å²) in [7, 11) is 1.46. The first kappa shape index (κ1) is 25.7. The fraction of sp³-hybridized carbons (Fsp3) is 0.348. The number of anilines is 1. The van der Waals surface area contributed by atoms with Gasteiger partial charge in [-0.3, -0.25) is 24.3 Å². The van der Waals surface area contributed by atoms with Gasteiger partial charge in [0.05, 0.1) is 18.6 Å². The van der Waals surface area contributed by atoms with Gasteiger partial charge in [-0.15, -0.1) is 0 Å². The van der Waals surface area contributed by atoms with Gasteiger partial charge in [0.2, 0.25) is 5.91 Å². The van der Waals surface area contributed by atoms with Gasteiger partial charge in [-0.2, -0.15) is 13.2 Å². The zero-order valence-corrected chi connectivity index (χ0v) is 19.9. The van der Waals surface area contributed by atoms with Crippen LogP contribution in [0.25, 0.3) is 11.3 Å². The molecule has 0 radical (unpaired) electrons. The van der Waals surface area contributed by atoms with Crippen LogP contribution in [0.2, 0.25) is 0 Å². The summed E-state index contributed by atoms with van der Waals surface area (Å²) in [5, 5.41) is 2.62. The summed E-state index contributed by atoms with van der Waals surface area (Å²) in [5.74, 6) is -1.44. The van der Waals surface area contributed by atoms with E-state index in [0.29, 0.717) is 5.56 Å². The number of carbonyl (C=O) groups excluding carboxylic acids is 4. The van der Waals surface area contributed by atoms with E-state index < -0.39 is 54.5 Å². The lowest BCUT2D eigenvalue weighted by Crippen LogP contribution is -2.66. The molecule has 14 heteroatoms. The van der Waals surface area contributed by atoms with Crippen LogP contribution in [0.3, 0.4) is 0 Å². The van der Waals surface area contributed by atoms with Crippen molar-refractivity contribution in [2.24, 2.45) is 4.99 Å². The van der Waals surface area contributed by atoms with Crippen LogP contribution in [-0.2, 0) is 20.6 Å². The number of aromatic nitrogens is 2. The summed E-state index contributed by atoms with van der Waals surface area (Å²) in [6, 6.07) is 4.10. The Hall–Kier alpha value is -4.36. The van der Waals surface area contributed by atoms with E-state index in [1.165, 1.54) is 49.2 Å². The smallest absolute Gasteiger partial charge is 0.335 e. The average molecular weight is 517 g/mol. The summed E-state index contributed by atoms with van der Waals surface area (Å²) in [6.07, 6.45) is -3.07. The molecule has 2 aliphatic heterocycles. The molecule has 0 saturated carbocycles. The number of Topliss-reactive ketones (excluding diaryl/α,β-unsaturated/α-hetero) is 1. The van der Waals surface area contributed by atoms with Gasteiger partial charge in [-0.1, -0.05) is 6.07 Å². The first-order valence-corrected chi connectivity index (χ1v) is 11.1. The Morgan fingerprint density at radius 2 is 1.89 bits per heavy atom. The molecule has 4 amide bonds. The van der Waals surface area contributed by atoms with Crippen molar-refractivity contribution in [1.29, 1.82) is 0 Å². The van der Waals surface area contributed by atoms with Crippen molar-refractivity contribution in [3.63, 3.8) is 0 Å². The Morgan fingerprint density at radius 3 is 2.51 bits per heavy atom. The van der Waals surface area contributed by atoms with Crippen molar-refractivity contribution >= 4 is 35.8 Å². The maximum atomic E-state index is 13.1. The van der Waals surface area contributed by atoms with Crippen LogP contribution < -0.4 is 5.32 Å². The number of pyridine rings is 2. The van der Waals surface area contributed by atoms with Gasteiger partial charge in [0.15, 0.2) is 12.2 Å². The molecule has 2 aromatic heterocycles. The number of halogens is 3. The average Bonchev–Trinajstić information content (AvgIpc) is 3.30. The highest BCUT2D eigenvalue weighted by atomic mass is 19.4. The normalized spacial score (nSPS) is 20.2. The van der Waals surface area contributed by atoms with Crippen LogP contribution in [0.1, 0.15) is 19.5 Å². The van der Waals surface area contributed by atoms with Crippen molar-refractivity contribution in [3.8, 4) is 11.3 Å². The summed E-state index contributed by atoms with van der Waals surface area (Å²) in [6.45, 7) is 2.40. The number of nitrogens with one attached hydrogen (secondary N) is 1. The quantitative estimate of drug-likeness (QED) is 0.621. The Bertz CT molecular complexity index is 1280. The minimum Gasteiger partial charge on any atom is -0.335 e. The van der Waals surface area contributed by atoms with Crippen molar-refractivity contribution in [3.05, 3.63) is 42.2 Å².